The quantitative estimate of drug-likeness (QED) is 0.488. The minimum Gasteiger partial charge on any atom is -0.395 e. The maximum absolute atomic E-state index is 10.7. The highest BCUT2D eigenvalue weighted by atomic mass is 16.3. The van der Waals surface area contributed by atoms with Gasteiger partial charge in [-0.25, -0.2) is 4.98 Å². The predicted molar refractivity (Wildman–Crippen MR) is 50.7 cm³/mol. The van der Waals surface area contributed by atoms with Crippen molar-refractivity contribution in [1.82, 2.24) is 14.9 Å². The molecule has 1 aromatic rings. The first kappa shape index (κ1) is 10.7. The van der Waals surface area contributed by atoms with E-state index in [1.807, 2.05) is 0 Å². The number of aromatic nitrogens is 2. The molecule has 0 spiro atoms. The third-order valence-corrected chi connectivity index (χ3v) is 1.72. The first-order chi connectivity index (χ1) is 6.74. The number of primary amides is 1. The Morgan fingerprint density at radius 3 is 3.00 bits per heavy atom. The summed E-state index contributed by atoms with van der Waals surface area (Å²) in [6, 6.07) is 0. The molecule has 0 aromatic carbocycles. The third-order valence-electron chi connectivity index (χ3n) is 1.72. The van der Waals surface area contributed by atoms with Crippen LogP contribution in [0, 0.1) is 0 Å². The lowest BCUT2D eigenvalue weighted by Crippen LogP contribution is -2.22. The van der Waals surface area contributed by atoms with Gasteiger partial charge in [0.1, 0.15) is 5.69 Å². The fourth-order valence-electron chi connectivity index (χ4n) is 1.02. The standard InChI is InChI=1S/C8H14N4O2/c9-8(14)7-5-12(6-11-7)3-1-10-2-4-13/h5-6,10,13H,1-4H2,(H2,9,14). The number of carbonyl (C=O) groups is 1. The summed E-state index contributed by atoms with van der Waals surface area (Å²) in [5.41, 5.74) is 5.31. The van der Waals surface area contributed by atoms with Gasteiger partial charge in [0.15, 0.2) is 0 Å². The Morgan fingerprint density at radius 2 is 2.43 bits per heavy atom. The lowest BCUT2D eigenvalue weighted by molar-refractivity contribution is 0.0996. The number of nitrogens with one attached hydrogen (secondary N) is 1. The Bertz CT molecular complexity index is 297. The summed E-state index contributed by atoms with van der Waals surface area (Å²) in [6.07, 6.45) is 3.16. The smallest absolute Gasteiger partial charge is 0.268 e. The second-order valence-electron chi connectivity index (χ2n) is 2.83. The highest BCUT2D eigenvalue weighted by Crippen LogP contribution is 1.93. The number of rotatable bonds is 6. The molecule has 0 saturated heterocycles. The van der Waals surface area contributed by atoms with Crippen LogP contribution in [0.5, 0.6) is 0 Å². The van der Waals surface area contributed by atoms with Gasteiger partial charge >= 0.3 is 0 Å². The molecule has 1 amide bonds. The van der Waals surface area contributed by atoms with Gasteiger partial charge in [-0.3, -0.25) is 4.79 Å². The van der Waals surface area contributed by atoms with Crippen molar-refractivity contribution in [3.8, 4) is 0 Å². The van der Waals surface area contributed by atoms with Crippen LogP contribution in [0.15, 0.2) is 12.5 Å². The second kappa shape index (κ2) is 5.36. The highest BCUT2D eigenvalue weighted by Gasteiger charge is 2.03. The molecule has 1 rings (SSSR count). The molecule has 1 heterocycles. The number of carbonyl (C=O) groups excluding carboxylic acids is 1. The Kier molecular flexibility index (Phi) is 4.09. The van der Waals surface area contributed by atoms with E-state index < -0.39 is 5.91 Å². The lowest BCUT2D eigenvalue weighted by atomic mass is 10.4. The van der Waals surface area contributed by atoms with E-state index in [4.69, 9.17) is 10.8 Å². The number of hydrogen-bond donors (Lipinski definition) is 3. The minimum absolute atomic E-state index is 0.121. The number of imidazole rings is 1. The van der Waals surface area contributed by atoms with Crippen LogP contribution >= 0.6 is 0 Å². The van der Waals surface area contributed by atoms with Gasteiger partial charge in [0.25, 0.3) is 5.91 Å². The van der Waals surface area contributed by atoms with Gasteiger partial charge in [-0.15, -0.1) is 0 Å². The van der Waals surface area contributed by atoms with E-state index in [-0.39, 0.29) is 12.3 Å². The first-order valence-electron chi connectivity index (χ1n) is 4.37. The summed E-state index contributed by atoms with van der Waals surface area (Å²) < 4.78 is 1.77. The lowest BCUT2D eigenvalue weighted by Gasteiger charge is -2.02. The van der Waals surface area contributed by atoms with Crippen LogP contribution in [0.25, 0.3) is 0 Å². The summed E-state index contributed by atoms with van der Waals surface area (Å²) in [7, 11) is 0. The van der Waals surface area contributed by atoms with Gasteiger partial charge in [0.2, 0.25) is 0 Å². The van der Waals surface area contributed by atoms with E-state index >= 15 is 0 Å². The normalized spacial score (nSPS) is 10.4. The number of nitrogens with two attached hydrogens (primary N) is 1. The monoisotopic (exact) mass is 198 g/mol. The molecule has 0 saturated carbocycles. The van der Waals surface area contributed by atoms with E-state index in [1.165, 1.54) is 0 Å². The van der Waals surface area contributed by atoms with Gasteiger partial charge in [0, 0.05) is 25.8 Å². The van der Waals surface area contributed by atoms with Crippen molar-refractivity contribution in [3.63, 3.8) is 0 Å². The molecule has 0 unspecified atom stereocenters. The zero-order valence-corrected chi connectivity index (χ0v) is 7.81. The fraction of sp³-hybridized carbons (Fsp3) is 0.500. The average molecular weight is 198 g/mol. The molecule has 0 aliphatic heterocycles. The Balaban J connectivity index is 2.33. The summed E-state index contributed by atoms with van der Waals surface area (Å²) in [6.45, 7) is 2.10. The van der Waals surface area contributed by atoms with Crippen LogP contribution in [-0.2, 0) is 6.54 Å². The molecule has 0 fully saturated rings. The van der Waals surface area contributed by atoms with Crippen molar-refractivity contribution in [2.75, 3.05) is 19.7 Å². The summed E-state index contributed by atoms with van der Waals surface area (Å²) in [4.78, 5) is 14.5. The van der Waals surface area contributed by atoms with Gasteiger partial charge in [-0.2, -0.15) is 0 Å². The predicted octanol–water partition coefficient (Wildman–Crippen LogP) is -1.44. The van der Waals surface area contributed by atoms with E-state index in [9.17, 15) is 4.79 Å². The molecule has 0 aliphatic carbocycles. The Hall–Kier alpha value is -1.40. The third kappa shape index (κ3) is 3.15. The molecule has 78 valence electrons. The highest BCUT2D eigenvalue weighted by molar-refractivity contribution is 5.90. The maximum Gasteiger partial charge on any atom is 0.268 e. The van der Waals surface area contributed by atoms with Gasteiger partial charge in [-0.05, 0) is 0 Å². The Labute approximate surface area is 81.7 Å². The van der Waals surface area contributed by atoms with Crippen molar-refractivity contribution in [3.05, 3.63) is 18.2 Å². The maximum atomic E-state index is 10.7. The SMILES string of the molecule is NC(=O)c1cn(CCNCCO)cn1. The number of aliphatic hydroxyl groups is 1. The van der Waals surface area contributed by atoms with Gasteiger partial charge in [-0.1, -0.05) is 0 Å². The average Bonchev–Trinajstić information content (AvgIpc) is 2.61. The topological polar surface area (TPSA) is 93.2 Å². The van der Waals surface area contributed by atoms with Crippen LogP contribution in [0.2, 0.25) is 0 Å². The molecule has 0 aliphatic rings. The summed E-state index contributed by atoms with van der Waals surface area (Å²) >= 11 is 0. The molecule has 14 heavy (non-hydrogen) atoms. The van der Waals surface area contributed by atoms with Crippen LogP contribution in [0.1, 0.15) is 10.5 Å². The van der Waals surface area contributed by atoms with E-state index in [1.54, 1.807) is 17.1 Å². The van der Waals surface area contributed by atoms with Crippen molar-refractivity contribution in [1.29, 1.82) is 0 Å². The fourth-order valence-corrected chi connectivity index (χ4v) is 1.02. The molecular weight excluding hydrogens is 184 g/mol. The van der Waals surface area contributed by atoms with E-state index in [2.05, 4.69) is 10.3 Å². The molecule has 0 bridgehead atoms. The van der Waals surface area contributed by atoms with Crippen molar-refractivity contribution in [2.24, 2.45) is 5.73 Å². The van der Waals surface area contributed by atoms with Crippen LogP contribution < -0.4 is 11.1 Å². The van der Waals surface area contributed by atoms with Crippen LogP contribution in [0.3, 0.4) is 0 Å². The molecule has 6 heteroatoms. The zero-order valence-electron chi connectivity index (χ0n) is 7.81. The molecule has 0 radical (unpaired) electrons. The van der Waals surface area contributed by atoms with Crippen molar-refractivity contribution < 1.29 is 9.90 Å². The van der Waals surface area contributed by atoms with Crippen LogP contribution in [-0.4, -0.2) is 40.3 Å². The van der Waals surface area contributed by atoms with Crippen LogP contribution in [0.4, 0.5) is 0 Å². The van der Waals surface area contributed by atoms with Crippen molar-refractivity contribution in [2.45, 2.75) is 6.54 Å². The van der Waals surface area contributed by atoms with Gasteiger partial charge < -0.3 is 20.7 Å². The summed E-state index contributed by atoms with van der Waals surface area (Å²) in [5.74, 6) is -0.521. The van der Waals surface area contributed by atoms with Gasteiger partial charge in [0.05, 0.1) is 12.9 Å². The molecule has 6 nitrogen and oxygen atoms in total. The van der Waals surface area contributed by atoms with E-state index in [0.717, 1.165) is 6.54 Å². The number of nitrogens with zero attached hydrogens (tertiary/aromatic N) is 2. The summed E-state index contributed by atoms with van der Waals surface area (Å²) in [5, 5.41) is 11.5. The molecular formula is C8H14N4O2. The number of amides is 1. The Morgan fingerprint density at radius 1 is 1.64 bits per heavy atom. The zero-order chi connectivity index (χ0) is 10.4. The minimum atomic E-state index is -0.521. The second-order valence-corrected chi connectivity index (χ2v) is 2.83. The number of aliphatic hydroxyl groups excluding tert-OH is 1. The van der Waals surface area contributed by atoms with E-state index in [0.29, 0.717) is 13.1 Å². The number of hydrogen-bond acceptors (Lipinski definition) is 4. The first-order valence-corrected chi connectivity index (χ1v) is 4.37. The largest absolute Gasteiger partial charge is 0.395 e. The van der Waals surface area contributed by atoms with Crippen molar-refractivity contribution >= 4 is 5.91 Å². The molecule has 0 atom stereocenters. The molecule has 1 aromatic heterocycles. The molecule has 4 N–H and O–H groups in total.